The van der Waals surface area contributed by atoms with Crippen LogP contribution in [0.1, 0.15) is 18.9 Å². The SMILES string of the molecule is Cc1ccc(S(=O)(=O)N[C@H](C)CCO)cc1. The molecule has 0 aromatic heterocycles. The Labute approximate surface area is 96.4 Å². The average molecular weight is 243 g/mol. The van der Waals surface area contributed by atoms with Crippen LogP contribution in [0.25, 0.3) is 0 Å². The van der Waals surface area contributed by atoms with Crippen LogP contribution in [-0.2, 0) is 10.0 Å². The highest BCUT2D eigenvalue weighted by Crippen LogP contribution is 2.10. The van der Waals surface area contributed by atoms with E-state index in [0.717, 1.165) is 5.56 Å². The number of aryl methyl sites for hydroxylation is 1. The van der Waals surface area contributed by atoms with E-state index < -0.39 is 10.0 Å². The molecule has 90 valence electrons. The van der Waals surface area contributed by atoms with Crippen LogP contribution in [0, 0.1) is 6.92 Å². The van der Waals surface area contributed by atoms with Gasteiger partial charge in [-0.1, -0.05) is 17.7 Å². The Hall–Kier alpha value is -0.910. The van der Waals surface area contributed by atoms with Gasteiger partial charge in [0.1, 0.15) is 0 Å². The molecule has 1 rings (SSSR count). The van der Waals surface area contributed by atoms with E-state index in [2.05, 4.69) is 4.72 Å². The number of rotatable bonds is 5. The van der Waals surface area contributed by atoms with Crippen LogP contribution >= 0.6 is 0 Å². The second-order valence-electron chi connectivity index (χ2n) is 3.85. The molecule has 0 aliphatic rings. The molecule has 0 spiro atoms. The molecule has 1 atom stereocenters. The molecule has 0 unspecified atom stereocenters. The van der Waals surface area contributed by atoms with Crippen LogP contribution < -0.4 is 4.72 Å². The van der Waals surface area contributed by atoms with Crippen LogP contribution in [0.4, 0.5) is 0 Å². The lowest BCUT2D eigenvalue weighted by Crippen LogP contribution is -2.33. The average Bonchev–Trinajstić information content (AvgIpc) is 2.17. The summed E-state index contributed by atoms with van der Waals surface area (Å²) < 4.78 is 26.2. The Bertz CT molecular complexity index is 425. The Kier molecular flexibility index (Phi) is 4.46. The predicted molar refractivity (Wildman–Crippen MR) is 62.7 cm³/mol. The molecule has 0 fully saturated rings. The zero-order chi connectivity index (χ0) is 12.2. The molecule has 0 radical (unpaired) electrons. The van der Waals surface area contributed by atoms with Gasteiger partial charge in [0.2, 0.25) is 10.0 Å². The summed E-state index contributed by atoms with van der Waals surface area (Å²) in [5.74, 6) is 0. The van der Waals surface area contributed by atoms with E-state index in [1.807, 2.05) is 6.92 Å². The van der Waals surface area contributed by atoms with Gasteiger partial charge in [-0.05, 0) is 32.4 Å². The minimum Gasteiger partial charge on any atom is -0.396 e. The fourth-order valence-corrected chi connectivity index (χ4v) is 2.58. The number of benzene rings is 1. The van der Waals surface area contributed by atoms with Gasteiger partial charge in [0, 0.05) is 12.6 Å². The van der Waals surface area contributed by atoms with E-state index in [4.69, 9.17) is 5.11 Å². The number of aliphatic hydroxyl groups is 1. The second-order valence-corrected chi connectivity index (χ2v) is 5.56. The Balaban J connectivity index is 2.82. The van der Waals surface area contributed by atoms with E-state index in [1.54, 1.807) is 31.2 Å². The Morgan fingerprint density at radius 2 is 1.88 bits per heavy atom. The minimum absolute atomic E-state index is 0.0302. The first-order valence-corrected chi connectivity index (χ1v) is 6.64. The first-order valence-electron chi connectivity index (χ1n) is 5.15. The molecular formula is C11H17NO3S. The van der Waals surface area contributed by atoms with Crippen LogP contribution in [0.2, 0.25) is 0 Å². The minimum atomic E-state index is -3.46. The first-order chi connectivity index (χ1) is 7.45. The van der Waals surface area contributed by atoms with E-state index in [1.165, 1.54) is 0 Å². The van der Waals surface area contributed by atoms with Crippen LogP contribution in [0.15, 0.2) is 29.2 Å². The number of hydrogen-bond donors (Lipinski definition) is 2. The van der Waals surface area contributed by atoms with Crippen molar-refractivity contribution in [2.45, 2.75) is 31.2 Å². The highest BCUT2D eigenvalue weighted by Gasteiger charge is 2.16. The maximum Gasteiger partial charge on any atom is 0.240 e. The van der Waals surface area contributed by atoms with Crippen LogP contribution in [0.3, 0.4) is 0 Å². The number of nitrogens with one attached hydrogen (secondary N) is 1. The van der Waals surface area contributed by atoms with Crippen LogP contribution in [0.5, 0.6) is 0 Å². The normalized spacial score (nSPS) is 13.7. The summed E-state index contributed by atoms with van der Waals surface area (Å²) in [5.41, 5.74) is 1.02. The van der Waals surface area contributed by atoms with Crippen molar-refractivity contribution in [1.29, 1.82) is 0 Å². The molecule has 0 bridgehead atoms. The zero-order valence-corrected chi connectivity index (χ0v) is 10.3. The van der Waals surface area contributed by atoms with Gasteiger partial charge >= 0.3 is 0 Å². The van der Waals surface area contributed by atoms with Crippen molar-refractivity contribution in [1.82, 2.24) is 4.72 Å². The van der Waals surface area contributed by atoms with Crippen molar-refractivity contribution in [3.63, 3.8) is 0 Å². The summed E-state index contributed by atoms with van der Waals surface area (Å²) in [4.78, 5) is 0.253. The van der Waals surface area contributed by atoms with Gasteiger partial charge in [-0.2, -0.15) is 0 Å². The van der Waals surface area contributed by atoms with Gasteiger partial charge in [0.25, 0.3) is 0 Å². The fourth-order valence-electron chi connectivity index (χ4n) is 1.30. The number of aliphatic hydroxyl groups excluding tert-OH is 1. The molecule has 2 N–H and O–H groups in total. The lowest BCUT2D eigenvalue weighted by Gasteiger charge is -2.12. The number of sulfonamides is 1. The molecule has 4 nitrogen and oxygen atoms in total. The molecule has 0 aliphatic heterocycles. The maximum atomic E-state index is 11.8. The summed E-state index contributed by atoms with van der Waals surface area (Å²) >= 11 is 0. The Morgan fingerprint density at radius 1 is 1.31 bits per heavy atom. The van der Waals surface area contributed by atoms with Crippen molar-refractivity contribution in [2.24, 2.45) is 0 Å². The third kappa shape index (κ3) is 3.59. The van der Waals surface area contributed by atoms with Crippen molar-refractivity contribution in [3.8, 4) is 0 Å². The van der Waals surface area contributed by atoms with Crippen molar-refractivity contribution < 1.29 is 13.5 Å². The predicted octanol–water partition coefficient (Wildman–Crippen LogP) is 1.04. The first kappa shape index (κ1) is 13.2. The summed E-state index contributed by atoms with van der Waals surface area (Å²) in [6.07, 6.45) is 0.408. The monoisotopic (exact) mass is 243 g/mol. The van der Waals surface area contributed by atoms with E-state index >= 15 is 0 Å². The molecule has 1 aromatic rings. The smallest absolute Gasteiger partial charge is 0.240 e. The molecule has 0 aliphatic carbocycles. The molecule has 0 saturated carbocycles. The third-order valence-corrected chi connectivity index (χ3v) is 3.86. The van der Waals surface area contributed by atoms with Gasteiger partial charge in [-0.15, -0.1) is 0 Å². The van der Waals surface area contributed by atoms with Gasteiger partial charge in [0.15, 0.2) is 0 Å². The maximum absolute atomic E-state index is 11.8. The lowest BCUT2D eigenvalue weighted by atomic mass is 10.2. The fraction of sp³-hybridized carbons (Fsp3) is 0.455. The van der Waals surface area contributed by atoms with Crippen molar-refractivity contribution >= 4 is 10.0 Å². The topological polar surface area (TPSA) is 66.4 Å². The molecular weight excluding hydrogens is 226 g/mol. The summed E-state index contributed by atoms with van der Waals surface area (Å²) in [6, 6.07) is 6.39. The van der Waals surface area contributed by atoms with Gasteiger partial charge in [0.05, 0.1) is 4.90 Å². The third-order valence-electron chi connectivity index (χ3n) is 2.25. The summed E-state index contributed by atoms with van der Waals surface area (Å²) in [5, 5.41) is 8.71. The standard InChI is InChI=1S/C11H17NO3S/c1-9-3-5-11(6-4-9)16(14,15)12-10(2)7-8-13/h3-6,10,12-13H,7-8H2,1-2H3/t10-/m1/s1. The highest BCUT2D eigenvalue weighted by molar-refractivity contribution is 7.89. The number of hydrogen-bond acceptors (Lipinski definition) is 3. The largest absolute Gasteiger partial charge is 0.396 e. The molecule has 16 heavy (non-hydrogen) atoms. The van der Waals surface area contributed by atoms with Gasteiger partial charge in [-0.3, -0.25) is 0 Å². The molecule has 0 amide bonds. The van der Waals surface area contributed by atoms with Crippen LogP contribution in [-0.4, -0.2) is 26.2 Å². The lowest BCUT2D eigenvalue weighted by molar-refractivity contribution is 0.275. The van der Waals surface area contributed by atoms with Gasteiger partial charge in [-0.25, -0.2) is 13.1 Å². The Morgan fingerprint density at radius 3 is 2.38 bits per heavy atom. The van der Waals surface area contributed by atoms with E-state index in [-0.39, 0.29) is 17.5 Å². The quantitative estimate of drug-likeness (QED) is 0.812. The molecule has 5 heteroatoms. The zero-order valence-electron chi connectivity index (χ0n) is 9.47. The van der Waals surface area contributed by atoms with E-state index in [9.17, 15) is 8.42 Å². The van der Waals surface area contributed by atoms with E-state index in [0.29, 0.717) is 6.42 Å². The molecule has 0 saturated heterocycles. The van der Waals surface area contributed by atoms with Crippen molar-refractivity contribution in [3.05, 3.63) is 29.8 Å². The second kappa shape index (κ2) is 5.43. The summed E-state index contributed by atoms with van der Waals surface area (Å²) in [6.45, 7) is 3.59. The highest BCUT2D eigenvalue weighted by atomic mass is 32.2. The molecule has 0 heterocycles. The van der Waals surface area contributed by atoms with Gasteiger partial charge < -0.3 is 5.11 Å². The van der Waals surface area contributed by atoms with Crippen molar-refractivity contribution in [2.75, 3.05) is 6.61 Å². The molecule has 1 aromatic carbocycles. The summed E-state index contributed by atoms with van der Waals surface area (Å²) in [7, 11) is -3.46.